The molecule has 0 bridgehead atoms. The van der Waals surface area contributed by atoms with Crippen LogP contribution in [0.1, 0.15) is 32.1 Å². The molecule has 0 aliphatic carbocycles. The zero-order chi connectivity index (χ0) is 10.6. The van der Waals surface area contributed by atoms with Crippen LogP contribution >= 0.6 is 0 Å². The number of hydrogen-bond donors (Lipinski definition) is 1. The normalized spacial score (nSPS) is 12.5. The van der Waals surface area contributed by atoms with E-state index in [1.165, 1.54) is 0 Å². The lowest BCUT2D eigenvalue weighted by atomic mass is 10.2. The van der Waals surface area contributed by atoms with Crippen molar-refractivity contribution in [3.63, 3.8) is 0 Å². The Morgan fingerprint density at radius 2 is 2.43 bits per heavy atom. The van der Waals surface area contributed by atoms with Crippen LogP contribution in [0, 0.1) is 0 Å². The van der Waals surface area contributed by atoms with Gasteiger partial charge in [0.25, 0.3) is 0 Å². The van der Waals surface area contributed by atoms with Gasteiger partial charge >= 0.3 is 0 Å². The zero-order valence-electron chi connectivity index (χ0n) is 8.95. The first-order valence-corrected chi connectivity index (χ1v) is 4.94. The first-order chi connectivity index (χ1) is 6.70. The van der Waals surface area contributed by atoms with Crippen LogP contribution in [0.15, 0.2) is 12.4 Å². The molecule has 78 valence electrons. The Hall–Kier alpha value is -1.32. The molecule has 4 heteroatoms. The number of nitrogens with one attached hydrogen (secondary N) is 1. The summed E-state index contributed by atoms with van der Waals surface area (Å²) in [6.07, 6.45) is 5.54. The van der Waals surface area contributed by atoms with E-state index in [2.05, 4.69) is 17.2 Å². The van der Waals surface area contributed by atoms with Gasteiger partial charge in [-0.1, -0.05) is 6.92 Å². The summed E-state index contributed by atoms with van der Waals surface area (Å²) in [6.45, 7) is 3.98. The fraction of sp³-hybridized carbons (Fsp3) is 0.600. The Bertz CT molecular complexity index is 306. The Morgan fingerprint density at radius 1 is 1.71 bits per heavy atom. The molecule has 14 heavy (non-hydrogen) atoms. The maximum atomic E-state index is 11.4. The maximum absolute atomic E-state index is 11.4. The molecule has 1 unspecified atom stereocenters. The lowest BCUT2D eigenvalue weighted by molar-refractivity contribution is -0.123. The van der Waals surface area contributed by atoms with Crippen LogP contribution in [0.25, 0.3) is 0 Å². The molecule has 1 aromatic heterocycles. The smallest absolute Gasteiger partial charge is 0.242 e. The molecule has 1 aromatic rings. The Morgan fingerprint density at radius 3 is 3.00 bits per heavy atom. The lowest BCUT2D eigenvalue weighted by Gasteiger charge is -2.14. The standard InChI is InChI=1S/C10H17N3O/c1-4-5-9-12-6-7-13(9)8(2)10(14)11-3/h6-8H,4-5H2,1-3H3,(H,11,14). The number of aromatic nitrogens is 2. The average Bonchev–Trinajstić information content (AvgIpc) is 2.64. The summed E-state index contributed by atoms with van der Waals surface area (Å²) < 4.78 is 1.92. The number of carbonyl (C=O) groups is 1. The van der Waals surface area contributed by atoms with Crippen LogP contribution in [-0.2, 0) is 11.2 Å². The summed E-state index contributed by atoms with van der Waals surface area (Å²) in [7, 11) is 1.65. The monoisotopic (exact) mass is 195 g/mol. The summed E-state index contributed by atoms with van der Waals surface area (Å²) in [5, 5.41) is 2.63. The summed E-state index contributed by atoms with van der Waals surface area (Å²) in [6, 6.07) is -0.177. The van der Waals surface area contributed by atoms with E-state index in [0.717, 1.165) is 18.7 Å². The number of aryl methyl sites for hydroxylation is 1. The molecule has 1 rings (SSSR count). The molecule has 0 fully saturated rings. The van der Waals surface area contributed by atoms with Gasteiger partial charge in [0.15, 0.2) is 0 Å². The van der Waals surface area contributed by atoms with Crippen molar-refractivity contribution in [2.75, 3.05) is 7.05 Å². The van der Waals surface area contributed by atoms with E-state index >= 15 is 0 Å². The third-order valence-electron chi connectivity index (χ3n) is 2.27. The highest BCUT2D eigenvalue weighted by molar-refractivity contribution is 5.79. The molecule has 0 spiro atoms. The predicted octanol–water partition coefficient (Wildman–Crippen LogP) is 1.14. The molecule has 1 N–H and O–H groups in total. The quantitative estimate of drug-likeness (QED) is 0.783. The van der Waals surface area contributed by atoms with Gasteiger partial charge in [-0.05, 0) is 13.3 Å². The van der Waals surface area contributed by atoms with Crippen LogP contribution in [0.5, 0.6) is 0 Å². The Labute approximate surface area is 84.3 Å². The molecule has 0 saturated heterocycles. The van der Waals surface area contributed by atoms with Gasteiger partial charge in [-0.25, -0.2) is 4.98 Å². The zero-order valence-corrected chi connectivity index (χ0v) is 8.95. The number of rotatable bonds is 4. The van der Waals surface area contributed by atoms with E-state index in [4.69, 9.17) is 0 Å². The third-order valence-corrected chi connectivity index (χ3v) is 2.27. The first-order valence-electron chi connectivity index (χ1n) is 4.94. The maximum Gasteiger partial charge on any atom is 0.242 e. The highest BCUT2D eigenvalue weighted by Gasteiger charge is 2.15. The number of likely N-dealkylation sites (N-methyl/N-ethyl adjacent to an activating group) is 1. The van der Waals surface area contributed by atoms with Gasteiger partial charge < -0.3 is 9.88 Å². The predicted molar refractivity (Wildman–Crippen MR) is 55.0 cm³/mol. The second-order valence-corrected chi connectivity index (χ2v) is 3.29. The summed E-state index contributed by atoms with van der Waals surface area (Å²) >= 11 is 0. The molecule has 1 heterocycles. The van der Waals surface area contributed by atoms with E-state index in [1.807, 2.05) is 17.7 Å². The van der Waals surface area contributed by atoms with Gasteiger partial charge in [0.05, 0.1) is 0 Å². The van der Waals surface area contributed by atoms with E-state index in [1.54, 1.807) is 13.2 Å². The van der Waals surface area contributed by atoms with Crippen molar-refractivity contribution in [3.8, 4) is 0 Å². The van der Waals surface area contributed by atoms with Crippen molar-refractivity contribution in [1.29, 1.82) is 0 Å². The van der Waals surface area contributed by atoms with Crippen LogP contribution in [0.4, 0.5) is 0 Å². The topological polar surface area (TPSA) is 46.9 Å². The minimum atomic E-state index is -0.177. The number of amides is 1. The molecule has 1 atom stereocenters. The average molecular weight is 195 g/mol. The van der Waals surface area contributed by atoms with Crippen LogP contribution < -0.4 is 5.32 Å². The molecule has 4 nitrogen and oxygen atoms in total. The molecular formula is C10H17N3O. The minimum Gasteiger partial charge on any atom is -0.357 e. The first kappa shape index (κ1) is 10.8. The number of carbonyl (C=O) groups excluding carboxylic acids is 1. The molecule has 1 amide bonds. The van der Waals surface area contributed by atoms with Gasteiger partial charge in [0, 0.05) is 25.9 Å². The summed E-state index contributed by atoms with van der Waals surface area (Å²) in [5.41, 5.74) is 0. The third kappa shape index (κ3) is 2.13. The second kappa shape index (κ2) is 4.79. The molecule has 0 radical (unpaired) electrons. The molecule has 0 aromatic carbocycles. The fourth-order valence-corrected chi connectivity index (χ4v) is 1.45. The van der Waals surface area contributed by atoms with Crippen LogP contribution in [0.2, 0.25) is 0 Å². The van der Waals surface area contributed by atoms with E-state index in [-0.39, 0.29) is 11.9 Å². The SMILES string of the molecule is CCCc1nccn1C(C)C(=O)NC. The van der Waals surface area contributed by atoms with Gasteiger partial charge in [-0.3, -0.25) is 4.79 Å². The molecule has 0 aliphatic rings. The van der Waals surface area contributed by atoms with Crippen molar-refractivity contribution in [2.24, 2.45) is 0 Å². The Balaban J connectivity index is 2.83. The minimum absolute atomic E-state index is 0.0142. The number of nitrogens with zero attached hydrogens (tertiary/aromatic N) is 2. The highest BCUT2D eigenvalue weighted by Crippen LogP contribution is 2.10. The van der Waals surface area contributed by atoms with Crippen molar-refractivity contribution in [2.45, 2.75) is 32.7 Å². The van der Waals surface area contributed by atoms with E-state index in [0.29, 0.717) is 0 Å². The highest BCUT2D eigenvalue weighted by atomic mass is 16.2. The largest absolute Gasteiger partial charge is 0.357 e. The van der Waals surface area contributed by atoms with Gasteiger partial charge in [-0.2, -0.15) is 0 Å². The van der Waals surface area contributed by atoms with Crippen molar-refractivity contribution >= 4 is 5.91 Å². The Kier molecular flexibility index (Phi) is 3.68. The molecular weight excluding hydrogens is 178 g/mol. The van der Waals surface area contributed by atoms with Crippen molar-refractivity contribution in [3.05, 3.63) is 18.2 Å². The van der Waals surface area contributed by atoms with Crippen molar-refractivity contribution < 1.29 is 4.79 Å². The van der Waals surface area contributed by atoms with E-state index in [9.17, 15) is 4.79 Å². The number of imidazole rings is 1. The van der Waals surface area contributed by atoms with Gasteiger partial charge in [0.2, 0.25) is 5.91 Å². The fourth-order valence-electron chi connectivity index (χ4n) is 1.45. The van der Waals surface area contributed by atoms with Crippen molar-refractivity contribution in [1.82, 2.24) is 14.9 Å². The molecule has 0 saturated carbocycles. The summed E-state index contributed by atoms with van der Waals surface area (Å²) in [5.74, 6) is 0.990. The summed E-state index contributed by atoms with van der Waals surface area (Å²) in [4.78, 5) is 15.6. The second-order valence-electron chi connectivity index (χ2n) is 3.29. The lowest BCUT2D eigenvalue weighted by Crippen LogP contribution is -2.28. The number of hydrogen-bond acceptors (Lipinski definition) is 2. The van der Waals surface area contributed by atoms with Crippen LogP contribution in [0.3, 0.4) is 0 Å². The molecule has 0 aliphatic heterocycles. The van der Waals surface area contributed by atoms with Gasteiger partial charge in [-0.15, -0.1) is 0 Å². The van der Waals surface area contributed by atoms with Gasteiger partial charge in [0.1, 0.15) is 11.9 Å². The van der Waals surface area contributed by atoms with E-state index < -0.39 is 0 Å². The van der Waals surface area contributed by atoms with Crippen LogP contribution in [-0.4, -0.2) is 22.5 Å².